The van der Waals surface area contributed by atoms with Gasteiger partial charge >= 0.3 is 12.1 Å². The van der Waals surface area contributed by atoms with E-state index in [0.717, 1.165) is 22.7 Å². The van der Waals surface area contributed by atoms with Crippen molar-refractivity contribution in [3.63, 3.8) is 0 Å². The second-order valence-electron chi connectivity index (χ2n) is 13.1. The van der Waals surface area contributed by atoms with Crippen LogP contribution < -0.4 is 0 Å². The van der Waals surface area contributed by atoms with Gasteiger partial charge < -0.3 is 14.6 Å². The number of nitrogens with zero attached hydrogens (tertiary/aromatic N) is 3. The quantitative estimate of drug-likeness (QED) is 0.163. The molecule has 0 aliphatic carbocycles. The van der Waals surface area contributed by atoms with Crippen LogP contribution >= 0.6 is 23.4 Å². The summed E-state index contributed by atoms with van der Waals surface area (Å²) < 4.78 is 42.1. The summed E-state index contributed by atoms with van der Waals surface area (Å²) in [6.07, 6.45) is 1.74. The number of aliphatic imine (C=N–C) groups is 1. The molecule has 0 saturated carbocycles. The molecule has 1 aliphatic heterocycles. The molecule has 0 fully saturated rings. The molecular formula is C31H40ClF2N3O5SSi. The number of amidine groups is 1. The number of pyridine rings is 1. The maximum atomic E-state index is 15.6. The molecule has 0 saturated heterocycles. The van der Waals surface area contributed by atoms with Crippen molar-refractivity contribution in [1.82, 2.24) is 9.88 Å². The van der Waals surface area contributed by atoms with E-state index >= 15 is 8.78 Å². The lowest BCUT2D eigenvalue weighted by Gasteiger charge is -2.42. The Balaban J connectivity index is 2.10. The zero-order chi connectivity index (χ0) is 33.0. The second kappa shape index (κ2) is 14.1. The molecule has 1 aliphatic rings. The number of amides is 1. The highest BCUT2D eigenvalue weighted by Gasteiger charge is 2.48. The van der Waals surface area contributed by atoms with Gasteiger partial charge in [0.05, 0.1) is 16.3 Å². The predicted octanol–water partition coefficient (Wildman–Crippen LogP) is 8.30. The molecule has 1 aromatic carbocycles. The van der Waals surface area contributed by atoms with Crippen molar-refractivity contribution >= 4 is 60.6 Å². The van der Waals surface area contributed by atoms with Gasteiger partial charge in [-0.2, -0.15) is 0 Å². The molecule has 2 aromatic rings. The third-order valence-electron chi connectivity index (χ3n) is 7.01. The summed E-state index contributed by atoms with van der Waals surface area (Å²) >= 11 is 6.74. The lowest BCUT2D eigenvalue weighted by Crippen LogP contribution is -2.49. The number of carbonyl (C=O) groups is 2. The maximum Gasteiger partial charge on any atom is 0.418 e. The number of carboxylic acids is 1. The highest BCUT2D eigenvalue weighted by Crippen LogP contribution is 2.46. The average Bonchev–Trinajstić information content (AvgIpc) is 2.89. The first kappa shape index (κ1) is 35.7. The third kappa shape index (κ3) is 9.35. The molecule has 1 aromatic heterocycles. The fraction of sp³-hybridized carbons (Fsp3) is 0.484. The van der Waals surface area contributed by atoms with Crippen LogP contribution in [0, 0.1) is 11.7 Å². The van der Waals surface area contributed by atoms with Crippen LogP contribution in [0.3, 0.4) is 0 Å². The molecule has 3 atom stereocenters. The highest BCUT2D eigenvalue weighted by atomic mass is 35.5. The summed E-state index contributed by atoms with van der Waals surface area (Å²) in [5.41, 5.74) is -1.92. The Labute approximate surface area is 267 Å². The van der Waals surface area contributed by atoms with E-state index in [0.29, 0.717) is 17.2 Å². The number of ether oxygens (including phenoxy) is 2. The molecule has 240 valence electrons. The van der Waals surface area contributed by atoms with Crippen molar-refractivity contribution in [2.75, 3.05) is 13.3 Å². The number of aromatic nitrogens is 1. The molecule has 2 unspecified atom stereocenters. The fourth-order valence-corrected chi connectivity index (χ4v) is 6.49. The summed E-state index contributed by atoms with van der Waals surface area (Å²) in [4.78, 5) is 35.8. The largest absolute Gasteiger partial charge is 0.480 e. The van der Waals surface area contributed by atoms with E-state index in [1.165, 1.54) is 42.6 Å². The van der Waals surface area contributed by atoms with Crippen LogP contribution in [0.1, 0.15) is 51.4 Å². The molecule has 1 N–H and O–H groups in total. The summed E-state index contributed by atoms with van der Waals surface area (Å²) in [5.74, 6) is -3.22. The minimum atomic E-state index is -1.47. The van der Waals surface area contributed by atoms with Crippen molar-refractivity contribution in [2.45, 2.75) is 76.7 Å². The van der Waals surface area contributed by atoms with Crippen molar-refractivity contribution in [3.8, 4) is 0 Å². The van der Waals surface area contributed by atoms with E-state index < -0.39 is 54.1 Å². The number of halogens is 3. The Bertz CT molecular complexity index is 1430. The van der Waals surface area contributed by atoms with Crippen LogP contribution in [0.5, 0.6) is 0 Å². The van der Waals surface area contributed by atoms with Crippen molar-refractivity contribution in [1.29, 1.82) is 0 Å². The summed E-state index contributed by atoms with van der Waals surface area (Å²) in [5, 5.41) is 9.47. The topological polar surface area (TPSA) is 101 Å². The molecule has 2 heterocycles. The first-order chi connectivity index (χ1) is 20.3. The number of aliphatic carboxylic acids is 1. The number of hydrogen-bond acceptors (Lipinski definition) is 7. The lowest BCUT2D eigenvalue weighted by atomic mass is 9.78. The van der Waals surface area contributed by atoms with E-state index in [4.69, 9.17) is 26.1 Å². The molecule has 8 nitrogen and oxygen atoms in total. The normalized spacial score (nSPS) is 21.1. The van der Waals surface area contributed by atoms with Crippen molar-refractivity contribution < 1.29 is 33.0 Å². The number of rotatable bonds is 9. The first-order valence-corrected chi connectivity index (χ1v) is 19.1. The van der Waals surface area contributed by atoms with Crippen LogP contribution in [0.25, 0.3) is 11.9 Å². The second-order valence-corrected chi connectivity index (χ2v) is 20.2. The van der Waals surface area contributed by atoms with Gasteiger partial charge in [-0.15, -0.1) is 0 Å². The number of thioether (sulfide) groups is 1. The molecular weight excluding hydrogens is 628 g/mol. The van der Waals surface area contributed by atoms with Gasteiger partial charge in [-0.05, 0) is 69.6 Å². The van der Waals surface area contributed by atoms with E-state index in [-0.39, 0.29) is 23.2 Å². The summed E-state index contributed by atoms with van der Waals surface area (Å²) in [6, 6.07) is 7.78. The van der Waals surface area contributed by atoms with Gasteiger partial charge in [-0.3, -0.25) is 14.8 Å². The first-order valence-electron chi connectivity index (χ1n) is 14.2. The zero-order valence-corrected chi connectivity index (χ0v) is 28.9. The van der Waals surface area contributed by atoms with E-state index in [2.05, 4.69) is 24.6 Å². The predicted molar refractivity (Wildman–Crippen MR) is 175 cm³/mol. The van der Waals surface area contributed by atoms with Crippen LogP contribution in [0.2, 0.25) is 30.7 Å². The summed E-state index contributed by atoms with van der Waals surface area (Å²) in [7, 11) is -1.44. The van der Waals surface area contributed by atoms with Gasteiger partial charge in [-0.1, -0.05) is 56.0 Å². The Hall–Kier alpha value is -2.80. The van der Waals surface area contributed by atoms with Crippen LogP contribution in [0.15, 0.2) is 41.5 Å². The third-order valence-corrected chi connectivity index (χ3v) is 10.3. The number of benzene rings is 1. The molecule has 0 spiro atoms. The molecule has 0 radical (unpaired) electrons. The Morgan fingerprint density at radius 3 is 2.48 bits per heavy atom. The minimum Gasteiger partial charge on any atom is -0.480 e. The monoisotopic (exact) mass is 667 g/mol. The molecule has 44 heavy (non-hydrogen) atoms. The fourth-order valence-electron chi connectivity index (χ4n) is 4.33. The van der Waals surface area contributed by atoms with Gasteiger partial charge in [-0.25, -0.2) is 18.5 Å². The summed E-state index contributed by atoms with van der Waals surface area (Å²) in [6.45, 7) is 15.2. The van der Waals surface area contributed by atoms with E-state index in [1.807, 2.05) is 0 Å². The van der Waals surface area contributed by atoms with Gasteiger partial charge in [0.25, 0.3) is 0 Å². The van der Waals surface area contributed by atoms with Crippen molar-refractivity contribution in [3.05, 3.63) is 64.2 Å². The van der Waals surface area contributed by atoms with Gasteiger partial charge in [0.2, 0.25) is 0 Å². The van der Waals surface area contributed by atoms with Crippen LogP contribution in [-0.4, -0.2) is 64.5 Å². The molecule has 13 heteroatoms. The number of carbonyl (C=O) groups excluding carboxylic acids is 1. The molecule has 3 rings (SSSR count). The average molecular weight is 668 g/mol. The number of hydrogen-bond donors (Lipinski definition) is 1. The smallest absolute Gasteiger partial charge is 0.418 e. The van der Waals surface area contributed by atoms with Crippen LogP contribution in [-0.2, 0) is 19.8 Å². The maximum absolute atomic E-state index is 15.6. The Morgan fingerprint density at radius 2 is 1.91 bits per heavy atom. The van der Waals surface area contributed by atoms with E-state index in [1.54, 1.807) is 34.6 Å². The Kier molecular flexibility index (Phi) is 11.4. The van der Waals surface area contributed by atoms with Gasteiger partial charge in [0, 0.05) is 32.4 Å². The minimum absolute atomic E-state index is 0.0251. The van der Waals surface area contributed by atoms with E-state index in [9.17, 15) is 14.7 Å². The standard InChI is InChI=1S/C31H40ClF2N3O5SSi/c1-19-26(27(38)39)43-28(37(29(40)42-30(2,3)4)18-41-13-14-44(6,7)8)36-31(19,5)22-15-20(9-11-23(22)33)16-24(34)25-12-10-21(32)17-35-25/h9-12,15-17,19,26H,13-14,18H2,1-8H3,(H,38,39)/b24-16-/t19?,26?,31-/m0/s1. The lowest BCUT2D eigenvalue weighted by molar-refractivity contribution is -0.137. The zero-order valence-electron chi connectivity index (χ0n) is 26.3. The van der Waals surface area contributed by atoms with Gasteiger partial charge in [0.1, 0.15) is 29.2 Å². The van der Waals surface area contributed by atoms with Gasteiger partial charge in [0.15, 0.2) is 5.17 Å². The highest BCUT2D eigenvalue weighted by molar-refractivity contribution is 8.15. The molecule has 0 bridgehead atoms. The van der Waals surface area contributed by atoms with Crippen molar-refractivity contribution in [2.24, 2.45) is 10.9 Å². The molecule has 1 amide bonds. The van der Waals surface area contributed by atoms with Crippen LogP contribution in [0.4, 0.5) is 13.6 Å². The number of carboxylic acid groups (broad SMARTS) is 1. The SMILES string of the molecule is CC1C(C(=O)O)SC(N(COCC[Si](C)(C)C)C(=O)OC(C)(C)C)=N[C@]1(C)c1cc(/C=C(\F)c2ccc(Cl)cn2)ccc1F. The Morgan fingerprint density at radius 1 is 1.23 bits per heavy atom.